The van der Waals surface area contributed by atoms with Gasteiger partial charge in [0.1, 0.15) is 0 Å². The summed E-state index contributed by atoms with van der Waals surface area (Å²) in [5, 5.41) is 8.71. The van der Waals surface area contributed by atoms with Crippen molar-refractivity contribution in [2.24, 2.45) is 0 Å². The van der Waals surface area contributed by atoms with Crippen molar-refractivity contribution >= 4 is 10.0 Å². The molecule has 0 aromatic heterocycles. The summed E-state index contributed by atoms with van der Waals surface area (Å²) in [6, 6.07) is 3.00. The Morgan fingerprint density at radius 3 is 2.37 bits per heavy atom. The molecule has 0 aliphatic rings. The van der Waals surface area contributed by atoms with Gasteiger partial charge in [0.15, 0.2) is 0 Å². The summed E-state index contributed by atoms with van der Waals surface area (Å²) in [5.74, 6) is 0. The molecular weight excluding hydrogens is 283 g/mol. The molecule has 1 N–H and O–H groups in total. The van der Waals surface area contributed by atoms with Crippen molar-refractivity contribution in [3.05, 3.63) is 29.3 Å². The number of nitrogens with zero attached hydrogens (tertiary/aromatic N) is 1. The van der Waals surface area contributed by atoms with Gasteiger partial charge in [-0.25, -0.2) is 8.42 Å². The minimum absolute atomic E-state index is 0.183. The van der Waals surface area contributed by atoms with Crippen LogP contribution in [0, 0.1) is 6.92 Å². The van der Waals surface area contributed by atoms with Crippen molar-refractivity contribution in [2.45, 2.75) is 18.0 Å². The number of hydrogen-bond donors (Lipinski definition) is 1. The highest BCUT2D eigenvalue weighted by atomic mass is 32.2. The van der Waals surface area contributed by atoms with Crippen LogP contribution in [0.2, 0.25) is 0 Å². The van der Waals surface area contributed by atoms with E-state index in [1.807, 2.05) is 0 Å². The second-order valence-electron chi connectivity index (χ2n) is 3.98. The van der Waals surface area contributed by atoms with Crippen LogP contribution in [0.1, 0.15) is 11.1 Å². The molecule has 1 rings (SSSR count). The van der Waals surface area contributed by atoms with E-state index in [4.69, 9.17) is 5.11 Å². The van der Waals surface area contributed by atoms with Gasteiger partial charge in [0.05, 0.1) is 17.1 Å². The Balaban J connectivity index is 3.38. The fourth-order valence-electron chi connectivity index (χ4n) is 1.63. The fourth-order valence-corrected chi connectivity index (χ4v) is 3.04. The van der Waals surface area contributed by atoms with Crippen LogP contribution in [0.3, 0.4) is 0 Å². The number of benzene rings is 1. The summed E-state index contributed by atoms with van der Waals surface area (Å²) in [5.41, 5.74) is -1.33. The lowest BCUT2D eigenvalue weighted by Gasteiger charge is -2.19. The van der Waals surface area contributed by atoms with Crippen LogP contribution in [0.5, 0.6) is 0 Å². The third kappa shape index (κ3) is 3.26. The predicted molar refractivity (Wildman–Crippen MR) is 63.1 cm³/mol. The zero-order chi connectivity index (χ0) is 14.8. The molecule has 108 valence electrons. The monoisotopic (exact) mass is 297 g/mol. The summed E-state index contributed by atoms with van der Waals surface area (Å²) >= 11 is 0. The molecule has 1 aromatic rings. The SMILES string of the molecule is Cc1c(C(F)(F)F)cccc1S(=O)(=O)N(C)CCO. The quantitative estimate of drug-likeness (QED) is 0.919. The second-order valence-corrected chi connectivity index (χ2v) is 5.99. The average Bonchev–Trinajstić information content (AvgIpc) is 2.27. The first-order valence-electron chi connectivity index (χ1n) is 5.36. The lowest BCUT2D eigenvalue weighted by Crippen LogP contribution is -2.30. The van der Waals surface area contributed by atoms with Gasteiger partial charge >= 0.3 is 6.18 Å². The first-order chi connectivity index (χ1) is 8.62. The first kappa shape index (κ1) is 15.9. The molecule has 19 heavy (non-hydrogen) atoms. The molecule has 1 aromatic carbocycles. The van der Waals surface area contributed by atoms with Crippen molar-refractivity contribution < 1.29 is 26.7 Å². The minimum atomic E-state index is -4.61. The van der Waals surface area contributed by atoms with Crippen LogP contribution in [0.4, 0.5) is 13.2 Å². The van der Waals surface area contributed by atoms with Gasteiger partial charge in [0, 0.05) is 13.6 Å². The molecule has 0 spiro atoms. The number of alkyl halides is 3. The highest BCUT2D eigenvalue weighted by Gasteiger charge is 2.35. The maximum absolute atomic E-state index is 12.7. The summed E-state index contributed by atoms with van der Waals surface area (Å²) in [6.07, 6.45) is -4.61. The van der Waals surface area contributed by atoms with Gasteiger partial charge < -0.3 is 5.11 Å². The maximum atomic E-state index is 12.7. The van der Waals surface area contributed by atoms with Crippen LogP contribution in [0.15, 0.2) is 23.1 Å². The maximum Gasteiger partial charge on any atom is 0.416 e. The van der Waals surface area contributed by atoms with Gasteiger partial charge in [-0.05, 0) is 24.6 Å². The third-order valence-electron chi connectivity index (χ3n) is 2.69. The number of likely N-dealkylation sites (N-methyl/N-ethyl adjacent to an activating group) is 1. The van der Waals surface area contributed by atoms with E-state index in [0.717, 1.165) is 29.4 Å². The van der Waals surface area contributed by atoms with Crippen LogP contribution in [0.25, 0.3) is 0 Å². The third-order valence-corrected chi connectivity index (χ3v) is 4.69. The Hall–Kier alpha value is -1.12. The Morgan fingerprint density at radius 1 is 1.32 bits per heavy atom. The molecular formula is C11H14F3NO3S. The molecule has 0 radical (unpaired) electrons. The van der Waals surface area contributed by atoms with E-state index in [0.29, 0.717) is 0 Å². The molecule has 0 aliphatic carbocycles. The summed E-state index contributed by atoms with van der Waals surface area (Å²) < 4.78 is 63.1. The number of sulfonamides is 1. The number of aliphatic hydroxyl groups is 1. The Bertz CT molecular complexity index is 555. The van der Waals surface area contributed by atoms with Crippen LogP contribution >= 0.6 is 0 Å². The molecule has 0 saturated carbocycles. The number of aliphatic hydroxyl groups excluding tert-OH is 1. The van der Waals surface area contributed by atoms with Crippen molar-refractivity contribution in [1.82, 2.24) is 4.31 Å². The van der Waals surface area contributed by atoms with Crippen LogP contribution in [-0.4, -0.2) is 38.0 Å². The second kappa shape index (κ2) is 5.48. The average molecular weight is 297 g/mol. The van der Waals surface area contributed by atoms with E-state index in [2.05, 4.69) is 0 Å². The van der Waals surface area contributed by atoms with E-state index < -0.39 is 33.3 Å². The van der Waals surface area contributed by atoms with Crippen LogP contribution in [-0.2, 0) is 16.2 Å². The van der Waals surface area contributed by atoms with Gasteiger partial charge in [0.2, 0.25) is 10.0 Å². The van der Waals surface area contributed by atoms with Crippen molar-refractivity contribution in [3.63, 3.8) is 0 Å². The zero-order valence-corrected chi connectivity index (χ0v) is 11.2. The summed E-state index contributed by atoms with van der Waals surface area (Å²) in [7, 11) is -2.84. The van der Waals surface area contributed by atoms with Gasteiger partial charge in [-0.1, -0.05) is 6.07 Å². The largest absolute Gasteiger partial charge is 0.416 e. The Morgan fingerprint density at radius 2 is 1.89 bits per heavy atom. The van der Waals surface area contributed by atoms with E-state index in [1.165, 1.54) is 7.05 Å². The van der Waals surface area contributed by atoms with Crippen LogP contribution < -0.4 is 0 Å². The lowest BCUT2D eigenvalue weighted by atomic mass is 10.1. The van der Waals surface area contributed by atoms with Crippen molar-refractivity contribution in [2.75, 3.05) is 20.2 Å². The molecule has 0 amide bonds. The molecule has 0 aliphatic heterocycles. The summed E-state index contributed by atoms with van der Waals surface area (Å²) in [4.78, 5) is -0.404. The van der Waals surface area contributed by atoms with Gasteiger partial charge in [-0.2, -0.15) is 17.5 Å². The molecule has 0 atom stereocenters. The van der Waals surface area contributed by atoms with Crippen molar-refractivity contribution in [1.29, 1.82) is 0 Å². The molecule has 8 heteroatoms. The van der Waals surface area contributed by atoms with Gasteiger partial charge in [-0.3, -0.25) is 0 Å². The Kier molecular flexibility index (Phi) is 4.59. The van der Waals surface area contributed by atoms with Gasteiger partial charge in [0.25, 0.3) is 0 Å². The number of hydrogen-bond acceptors (Lipinski definition) is 3. The topological polar surface area (TPSA) is 57.6 Å². The zero-order valence-electron chi connectivity index (χ0n) is 10.4. The molecule has 4 nitrogen and oxygen atoms in total. The molecule has 0 bridgehead atoms. The lowest BCUT2D eigenvalue weighted by molar-refractivity contribution is -0.138. The standard InChI is InChI=1S/C11H14F3NO3S/c1-8-9(11(12,13)14)4-3-5-10(8)19(17,18)15(2)6-7-16/h3-5,16H,6-7H2,1-2H3. The normalized spacial score (nSPS) is 13.0. The highest BCUT2D eigenvalue weighted by molar-refractivity contribution is 7.89. The van der Waals surface area contributed by atoms with E-state index >= 15 is 0 Å². The fraction of sp³-hybridized carbons (Fsp3) is 0.455. The van der Waals surface area contributed by atoms with E-state index in [9.17, 15) is 21.6 Å². The summed E-state index contributed by atoms with van der Waals surface area (Å²) in [6.45, 7) is 0.522. The molecule has 0 heterocycles. The van der Waals surface area contributed by atoms with Gasteiger partial charge in [-0.15, -0.1) is 0 Å². The minimum Gasteiger partial charge on any atom is -0.395 e. The number of rotatable bonds is 4. The highest BCUT2D eigenvalue weighted by Crippen LogP contribution is 2.34. The Labute approximate surface area is 109 Å². The predicted octanol–water partition coefficient (Wildman–Crippen LogP) is 1.63. The molecule has 0 saturated heterocycles. The molecule has 0 unspecified atom stereocenters. The van der Waals surface area contributed by atoms with E-state index in [-0.39, 0.29) is 12.1 Å². The van der Waals surface area contributed by atoms with Crippen molar-refractivity contribution in [3.8, 4) is 0 Å². The first-order valence-corrected chi connectivity index (χ1v) is 6.80. The number of halogens is 3. The molecule has 0 fully saturated rings. The smallest absolute Gasteiger partial charge is 0.395 e. The van der Waals surface area contributed by atoms with E-state index in [1.54, 1.807) is 0 Å².